The highest BCUT2D eigenvalue weighted by Crippen LogP contribution is 2.48. The molecule has 0 saturated carbocycles. The molecular weight excluding hydrogens is 240 g/mol. The van der Waals surface area contributed by atoms with Gasteiger partial charge >= 0.3 is 0 Å². The lowest BCUT2D eigenvalue weighted by atomic mass is 9.70. The van der Waals surface area contributed by atoms with Crippen LogP contribution in [0.3, 0.4) is 0 Å². The molecule has 0 aliphatic carbocycles. The van der Waals surface area contributed by atoms with Gasteiger partial charge < -0.3 is 15.0 Å². The van der Waals surface area contributed by atoms with Crippen molar-refractivity contribution < 1.29 is 9.53 Å². The fourth-order valence-electron chi connectivity index (χ4n) is 3.29. The second kappa shape index (κ2) is 4.53. The number of piperidine rings is 1. The van der Waals surface area contributed by atoms with Crippen molar-refractivity contribution in [2.45, 2.75) is 24.4 Å². The van der Waals surface area contributed by atoms with Crippen molar-refractivity contribution in [2.75, 3.05) is 27.2 Å². The first kappa shape index (κ1) is 12.5. The van der Waals surface area contributed by atoms with Crippen molar-refractivity contribution in [3.8, 4) is 5.75 Å². The largest absolute Gasteiger partial charge is 0.479 e. The Morgan fingerprint density at radius 3 is 2.68 bits per heavy atom. The number of hydrogen-bond donors (Lipinski definition) is 1. The number of rotatable bonds is 1. The number of carbonyl (C=O) groups is 1. The van der Waals surface area contributed by atoms with Gasteiger partial charge in [0.1, 0.15) is 5.75 Å². The molecule has 0 radical (unpaired) electrons. The first-order chi connectivity index (χ1) is 9.15. The maximum atomic E-state index is 12.5. The lowest BCUT2D eigenvalue weighted by molar-refractivity contribution is -0.138. The van der Waals surface area contributed by atoms with Gasteiger partial charge in [-0.2, -0.15) is 0 Å². The van der Waals surface area contributed by atoms with Gasteiger partial charge in [0.15, 0.2) is 6.10 Å². The summed E-state index contributed by atoms with van der Waals surface area (Å²) in [4.78, 5) is 14.1. The molecule has 4 nitrogen and oxygen atoms in total. The molecule has 1 N–H and O–H groups in total. The maximum absolute atomic E-state index is 12.5. The highest BCUT2D eigenvalue weighted by atomic mass is 16.5. The molecule has 4 heteroatoms. The molecule has 0 unspecified atom stereocenters. The zero-order chi connectivity index (χ0) is 13.5. The van der Waals surface area contributed by atoms with Gasteiger partial charge in [-0.1, -0.05) is 18.2 Å². The van der Waals surface area contributed by atoms with Gasteiger partial charge in [0.2, 0.25) is 0 Å². The lowest BCUT2D eigenvalue weighted by Crippen LogP contribution is -2.53. The average molecular weight is 260 g/mol. The van der Waals surface area contributed by atoms with E-state index in [2.05, 4.69) is 11.4 Å². The van der Waals surface area contributed by atoms with Crippen molar-refractivity contribution in [2.24, 2.45) is 0 Å². The number of likely N-dealkylation sites (N-methyl/N-ethyl adjacent to an activating group) is 1. The Bertz CT molecular complexity index is 493. The van der Waals surface area contributed by atoms with E-state index in [9.17, 15) is 4.79 Å². The van der Waals surface area contributed by atoms with Crippen LogP contribution in [0.4, 0.5) is 0 Å². The summed E-state index contributed by atoms with van der Waals surface area (Å²) >= 11 is 0. The summed E-state index contributed by atoms with van der Waals surface area (Å²) < 4.78 is 6.00. The molecule has 1 saturated heterocycles. The number of amides is 1. The van der Waals surface area contributed by atoms with E-state index in [1.54, 1.807) is 19.0 Å². The summed E-state index contributed by atoms with van der Waals surface area (Å²) in [6, 6.07) is 8.09. The number of para-hydroxylation sites is 1. The Kier molecular flexibility index (Phi) is 2.97. The van der Waals surface area contributed by atoms with E-state index in [4.69, 9.17) is 4.74 Å². The lowest BCUT2D eigenvalue weighted by Gasteiger charge is -2.38. The quantitative estimate of drug-likeness (QED) is 0.824. The zero-order valence-electron chi connectivity index (χ0n) is 11.5. The number of nitrogens with zero attached hydrogens (tertiary/aromatic N) is 1. The van der Waals surface area contributed by atoms with Gasteiger partial charge in [0.05, 0.1) is 0 Å². The van der Waals surface area contributed by atoms with Gasteiger partial charge in [-0.25, -0.2) is 0 Å². The third-order valence-electron chi connectivity index (χ3n) is 4.33. The summed E-state index contributed by atoms with van der Waals surface area (Å²) in [7, 11) is 3.59. The number of hydrogen-bond acceptors (Lipinski definition) is 3. The Balaban J connectivity index is 2.05. The first-order valence-electron chi connectivity index (χ1n) is 6.83. The molecule has 1 atom stereocenters. The highest BCUT2D eigenvalue weighted by Gasteiger charge is 2.52. The third kappa shape index (κ3) is 1.82. The van der Waals surface area contributed by atoms with Gasteiger partial charge in [0, 0.05) is 25.1 Å². The minimum absolute atomic E-state index is 0.0677. The fourth-order valence-corrected chi connectivity index (χ4v) is 3.29. The monoisotopic (exact) mass is 260 g/mol. The number of carbonyl (C=O) groups excluding carboxylic acids is 1. The average Bonchev–Trinajstić information content (AvgIpc) is 2.74. The predicted molar refractivity (Wildman–Crippen MR) is 73.3 cm³/mol. The topological polar surface area (TPSA) is 41.6 Å². The van der Waals surface area contributed by atoms with Crippen LogP contribution in [0.1, 0.15) is 18.4 Å². The van der Waals surface area contributed by atoms with E-state index in [0.717, 1.165) is 31.7 Å². The molecule has 1 amide bonds. The highest BCUT2D eigenvalue weighted by molar-refractivity contribution is 5.84. The van der Waals surface area contributed by atoms with Crippen LogP contribution in [0, 0.1) is 0 Å². The molecular formula is C15H20N2O2. The molecule has 1 aromatic carbocycles. The molecule has 1 fully saturated rings. The first-order valence-corrected chi connectivity index (χ1v) is 6.83. The second-order valence-corrected chi connectivity index (χ2v) is 5.63. The predicted octanol–water partition coefficient (Wildman–Crippen LogP) is 1.16. The van der Waals surface area contributed by atoms with Gasteiger partial charge in [-0.05, 0) is 32.0 Å². The van der Waals surface area contributed by atoms with Crippen LogP contribution in [0.5, 0.6) is 5.75 Å². The molecule has 3 rings (SSSR count). The van der Waals surface area contributed by atoms with E-state index < -0.39 is 0 Å². The van der Waals surface area contributed by atoms with Crippen LogP contribution in [0.2, 0.25) is 0 Å². The fraction of sp³-hybridized carbons (Fsp3) is 0.533. The minimum atomic E-state index is -0.373. The van der Waals surface area contributed by atoms with Crippen molar-refractivity contribution in [1.29, 1.82) is 0 Å². The standard InChI is InChI=1S/C15H20N2O2/c1-17(2)14(18)13-15(7-9-16-10-8-15)11-5-3-4-6-12(11)19-13/h3-6,13,16H,7-10H2,1-2H3/t13-/m1/s1. The normalized spacial score (nSPS) is 23.8. The molecule has 1 spiro atoms. The summed E-state index contributed by atoms with van der Waals surface area (Å²) in [5, 5.41) is 3.37. The number of ether oxygens (including phenoxy) is 1. The van der Waals surface area contributed by atoms with Crippen molar-refractivity contribution in [1.82, 2.24) is 10.2 Å². The van der Waals surface area contributed by atoms with Crippen molar-refractivity contribution in [3.63, 3.8) is 0 Å². The SMILES string of the molecule is CN(C)C(=O)[C@H]1Oc2ccccc2C12CCNCC2. The van der Waals surface area contributed by atoms with Gasteiger partial charge in [0.25, 0.3) is 5.91 Å². The van der Waals surface area contributed by atoms with Crippen LogP contribution in [0.25, 0.3) is 0 Å². The second-order valence-electron chi connectivity index (χ2n) is 5.63. The van der Waals surface area contributed by atoms with Crippen LogP contribution in [-0.2, 0) is 10.2 Å². The summed E-state index contributed by atoms with van der Waals surface area (Å²) in [5.74, 6) is 0.947. The van der Waals surface area contributed by atoms with Crippen LogP contribution in [-0.4, -0.2) is 44.1 Å². The molecule has 102 valence electrons. The molecule has 0 aromatic heterocycles. The smallest absolute Gasteiger partial charge is 0.264 e. The number of nitrogens with one attached hydrogen (secondary N) is 1. The van der Waals surface area contributed by atoms with Crippen LogP contribution in [0.15, 0.2) is 24.3 Å². The molecule has 19 heavy (non-hydrogen) atoms. The number of fused-ring (bicyclic) bond motifs is 2. The van der Waals surface area contributed by atoms with E-state index in [1.165, 1.54) is 5.56 Å². The Labute approximate surface area is 113 Å². The van der Waals surface area contributed by atoms with E-state index >= 15 is 0 Å². The Morgan fingerprint density at radius 1 is 1.32 bits per heavy atom. The number of benzene rings is 1. The molecule has 1 aromatic rings. The van der Waals surface area contributed by atoms with E-state index in [-0.39, 0.29) is 17.4 Å². The summed E-state index contributed by atoms with van der Waals surface area (Å²) in [6.45, 7) is 1.88. The van der Waals surface area contributed by atoms with E-state index in [0.29, 0.717) is 0 Å². The maximum Gasteiger partial charge on any atom is 0.264 e. The van der Waals surface area contributed by atoms with Gasteiger partial charge in [-0.15, -0.1) is 0 Å². The van der Waals surface area contributed by atoms with Crippen molar-refractivity contribution >= 4 is 5.91 Å². The zero-order valence-corrected chi connectivity index (χ0v) is 11.5. The van der Waals surface area contributed by atoms with Crippen molar-refractivity contribution in [3.05, 3.63) is 29.8 Å². The molecule has 2 aliphatic rings. The van der Waals surface area contributed by atoms with Crippen LogP contribution < -0.4 is 10.1 Å². The van der Waals surface area contributed by atoms with E-state index in [1.807, 2.05) is 18.2 Å². The molecule has 0 bridgehead atoms. The minimum Gasteiger partial charge on any atom is -0.479 e. The molecule has 2 aliphatic heterocycles. The Morgan fingerprint density at radius 2 is 2.00 bits per heavy atom. The summed E-state index contributed by atoms with van der Waals surface area (Å²) in [6.07, 6.45) is 1.53. The molecule has 2 heterocycles. The van der Waals surface area contributed by atoms with Gasteiger partial charge in [-0.3, -0.25) is 4.79 Å². The Hall–Kier alpha value is -1.55. The summed E-state index contributed by atoms with van der Waals surface area (Å²) in [5.41, 5.74) is 1.06. The van der Waals surface area contributed by atoms with Crippen LogP contribution >= 0.6 is 0 Å². The third-order valence-corrected chi connectivity index (χ3v) is 4.33.